The van der Waals surface area contributed by atoms with Crippen LogP contribution in [0.1, 0.15) is 25.7 Å². The molecule has 1 aliphatic rings. The molecule has 1 unspecified atom stereocenters. The molecule has 0 spiro atoms. The molecule has 0 saturated carbocycles. The Morgan fingerprint density at radius 3 is 2.70 bits per heavy atom. The van der Waals surface area contributed by atoms with Crippen LogP contribution in [0.25, 0.3) is 0 Å². The monoisotopic (exact) mass is 278 g/mol. The van der Waals surface area contributed by atoms with Gasteiger partial charge in [0.25, 0.3) is 0 Å². The Hall–Kier alpha value is -2.24. The van der Waals surface area contributed by atoms with Gasteiger partial charge in [0.15, 0.2) is 0 Å². The molecule has 1 saturated heterocycles. The number of piperidine rings is 1. The van der Waals surface area contributed by atoms with Crippen LogP contribution >= 0.6 is 0 Å². The third-order valence-corrected chi connectivity index (χ3v) is 2.98. The number of aldehydes is 1. The van der Waals surface area contributed by atoms with Crippen molar-refractivity contribution in [3.05, 3.63) is 24.3 Å². The van der Waals surface area contributed by atoms with Crippen LogP contribution in [0.3, 0.4) is 0 Å². The standard InChI is InChI=1S/C14H18N2O4/c1-16(11-8-9-12(18)15-14(11)20)13(19)7-5-3-2-4-6-10-17/h2-5,10-11H,6-9H2,1H3,(H,15,18,20)/b4-2-,5-3-. The number of rotatable bonds is 6. The van der Waals surface area contributed by atoms with Crippen LogP contribution in [-0.4, -0.2) is 42.0 Å². The lowest BCUT2D eigenvalue weighted by atomic mass is 10.0. The summed E-state index contributed by atoms with van der Waals surface area (Å²) in [7, 11) is 1.55. The van der Waals surface area contributed by atoms with Crippen molar-refractivity contribution in [2.45, 2.75) is 31.7 Å². The van der Waals surface area contributed by atoms with E-state index in [4.69, 9.17) is 0 Å². The van der Waals surface area contributed by atoms with E-state index in [1.807, 2.05) is 0 Å². The van der Waals surface area contributed by atoms with Gasteiger partial charge in [0.1, 0.15) is 12.3 Å². The summed E-state index contributed by atoms with van der Waals surface area (Å²) in [5.41, 5.74) is 0. The van der Waals surface area contributed by atoms with Gasteiger partial charge in [-0.2, -0.15) is 0 Å². The number of nitrogens with zero attached hydrogens (tertiary/aromatic N) is 1. The van der Waals surface area contributed by atoms with E-state index in [1.165, 1.54) is 4.90 Å². The Labute approximate surface area is 117 Å². The maximum atomic E-state index is 11.9. The molecule has 0 aromatic heterocycles. The highest BCUT2D eigenvalue weighted by Gasteiger charge is 2.31. The van der Waals surface area contributed by atoms with Gasteiger partial charge in [0, 0.05) is 26.3 Å². The van der Waals surface area contributed by atoms with E-state index in [-0.39, 0.29) is 24.7 Å². The number of likely N-dealkylation sites (N-methyl/N-ethyl adjacent to an activating group) is 1. The third kappa shape index (κ3) is 4.79. The van der Waals surface area contributed by atoms with Crippen molar-refractivity contribution in [2.75, 3.05) is 7.05 Å². The SMILES string of the molecule is CN(C(=O)C/C=C\C=C/CC=O)C1CCC(=O)NC1=O. The molecule has 0 aromatic rings. The van der Waals surface area contributed by atoms with Crippen LogP contribution in [0.5, 0.6) is 0 Å². The van der Waals surface area contributed by atoms with Gasteiger partial charge in [-0.25, -0.2) is 0 Å². The third-order valence-electron chi connectivity index (χ3n) is 2.98. The molecule has 1 aliphatic heterocycles. The van der Waals surface area contributed by atoms with Gasteiger partial charge in [-0.1, -0.05) is 24.3 Å². The number of hydrogen-bond acceptors (Lipinski definition) is 4. The fourth-order valence-electron chi connectivity index (χ4n) is 1.83. The highest BCUT2D eigenvalue weighted by molar-refractivity contribution is 6.01. The van der Waals surface area contributed by atoms with Crippen molar-refractivity contribution in [1.29, 1.82) is 0 Å². The normalized spacial score (nSPS) is 19.4. The molecule has 0 aliphatic carbocycles. The van der Waals surface area contributed by atoms with E-state index in [2.05, 4.69) is 5.32 Å². The molecular formula is C14H18N2O4. The number of allylic oxidation sites excluding steroid dienone is 3. The number of imide groups is 1. The van der Waals surface area contributed by atoms with Crippen molar-refractivity contribution in [1.82, 2.24) is 10.2 Å². The maximum Gasteiger partial charge on any atom is 0.249 e. The molecule has 0 bridgehead atoms. The van der Waals surface area contributed by atoms with Gasteiger partial charge in [-0.15, -0.1) is 0 Å². The predicted octanol–water partition coefficient (Wildman–Crippen LogP) is 0.341. The molecule has 1 fully saturated rings. The lowest BCUT2D eigenvalue weighted by Crippen LogP contribution is -2.52. The number of carbonyl (C=O) groups is 4. The summed E-state index contributed by atoms with van der Waals surface area (Å²) in [6.45, 7) is 0. The van der Waals surface area contributed by atoms with Crippen LogP contribution in [0, 0.1) is 0 Å². The Kier molecular flexibility index (Phi) is 6.36. The zero-order valence-corrected chi connectivity index (χ0v) is 11.4. The first-order valence-electron chi connectivity index (χ1n) is 6.41. The fourth-order valence-corrected chi connectivity index (χ4v) is 1.83. The number of amides is 3. The second kappa shape index (κ2) is 8.04. The first-order valence-corrected chi connectivity index (χ1v) is 6.41. The Bertz CT molecular complexity index is 454. The maximum absolute atomic E-state index is 11.9. The second-order valence-electron chi connectivity index (χ2n) is 4.43. The van der Waals surface area contributed by atoms with E-state index in [0.717, 1.165) is 6.29 Å². The van der Waals surface area contributed by atoms with Crippen molar-refractivity contribution in [3.8, 4) is 0 Å². The molecule has 6 nitrogen and oxygen atoms in total. The largest absolute Gasteiger partial charge is 0.333 e. The van der Waals surface area contributed by atoms with Crippen molar-refractivity contribution in [3.63, 3.8) is 0 Å². The molecular weight excluding hydrogens is 260 g/mol. The van der Waals surface area contributed by atoms with Crippen molar-refractivity contribution in [2.24, 2.45) is 0 Å². The zero-order valence-electron chi connectivity index (χ0n) is 11.4. The van der Waals surface area contributed by atoms with Gasteiger partial charge < -0.3 is 9.69 Å². The van der Waals surface area contributed by atoms with Gasteiger partial charge in [0.05, 0.1) is 0 Å². The lowest BCUT2D eigenvalue weighted by molar-refractivity contribution is -0.144. The van der Waals surface area contributed by atoms with E-state index in [9.17, 15) is 19.2 Å². The van der Waals surface area contributed by atoms with E-state index in [1.54, 1.807) is 31.4 Å². The first kappa shape index (κ1) is 15.8. The summed E-state index contributed by atoms with van der Waals surface area (Å²) in [6, 6.07) is -0.584. The van der Waals surface area contributed by atoms with Crippen LogP contribution in [0.15, 0.2) is 24.3 Å². The molecule has 1 heterocycles. The predicted molar refractivity (Wildman–Crippen MR) is 72.5 cm³/mol. The van der Waals surface area contributed by atoms with Crippen LogP contribution in [0.2, 0.25) is 0 Å². The first-order chi connectivity index (χ1) is 9.56. The highest BCUT2D eigenvalue weighted by Crippen LogP contribution is 2.11. The summed E-state index contributed by atoms with van der Waals surface area (Å²) < 4.78 is 0. The zero-order chi connectivity index (χ0) is 15.0. The van der Waals surface area contributed by atoms with Crippen LogP contribution in [-0.2, 0) is 19.2 Å². The van der Waals surface area contributed by atoms with E-state index in [0.29, 0.717) is 12.8 Å². The number of carbonyl (C=O) groups excluding carboxylic acids is 4. The molecule has 3 amide bonds. The number of nitrogens with one attached hydrogen (secondary N) is 1. The Morgan fingerprint density at radius 2 is 2.05 bits per heavy atom. The van der Waals surface area contributed by atoms with Crippen LogP contribution in [0.4, 0.5) is 0 Å². The topological polar surface area (TPSA) is 83.6 Å². The second-order valence-corrected chi connectivity index (χ2v) is 4.43. The van der Waals surface area contributed by atoms with Gasteiger partial charge >= 0.3 is 0 Å². The molecule has 1 rings (SSSR count). The van der Waals surface area contributed by atoms with Crippen molar-refractivity contribution < 1.29 is 19.2 Å². The Morgan fingerprint density at radius 1 is 1.35 bits per heavy atom. The van der Waals surface area contributed by atoms with Gasteiger partial charge in [-0.3, -0.25) is 19.7 Å². The summed E-state index contributed by atoms with van der Waals surface area (Å²) in [5.74, 6) is -0.918. The quantitative estimate of drug-likeness (QED) is 0.431. The molecule has 6 heteroatoms. The summed E-state index contributed by atoms with van der Waals surface area (Å²) in [5, 5.41) is 2.22. The van der Waals surface area contributed by atoms with Crippen molar-refractivity contribution >= 4 is 24.0 Å². The average Bonchev–Trinajstić information content (AvgIpc) is 2.41. The number of hydrogen-bond donors (Lipinski definition) is 1. The summed E-state index contributed by atoms with van der Waals surface area (Å²) >= 11 is 0. The highest BCUT2D eigenvalue weighted by atomic mass is 16.2. The van der Waals surface area contributed by atoms with Gasteiger partial charge in [0.2, 0.25) is 17.7 Å². The van der Waals surface area contributed by atoms with E-state index < -0.39 is 11.9 Å². The minimum absolute atomic E-state index is 0.166. The molecule has 0 aromatic carbocycles. The lowest BCUT2D eigenvalue weighted by Gasteiger charge is -2.29. The summed E-state index contributed by atoms with van der Waals surface area (Å²) in [4.78, 5) is 46.0. The van der Waals surface area contributed by atoms with Gasteiger partial charge in [-0.05, 0) is 6.42 Å². The fraction of sp³-hybridized carbons (Fsp3) is 0.429. The molecule has 108 valence electrons. The summed E-state index contributed by atoms with van der Waals surface area (Å²) in [6.07, 6.45) is 8.60. The smallest absolute Gasteiger partial charge is 0.249 e. The molecule has 1 N–H and O–H groups in total. The molecule has 0 radical (unpaired) electrons. The Balaban J connectivity index is 2.44. The minimum atomic E-state index is -0.584. The average molecular weight is 278 g/mol. The molecule has 20 heavy (non-hydrogen) atoms. The molecule has 1 atom stereocenters. The minimum Gasteiger partial charge on any atom is -0.333 e. The van der Waals surface area contributed by atoms with E-state index >= 15 is 0 Å². The van der Waals surface area contributed by atoms with Crippen LogP contribution < -0.4 is 5.32 Å².